The fourth-order valence-corrected chi connectivity index (χ4v) is 3.49. The lowest BCUT2D eigenvalue weighted by Crippen LogP contribution is -2.13. The SMILES string of the molecule is Cc1ncc([N+](=O)[O-])n1CCOC(=O)CCCSSCCO. The summed E-state index contributed by atoms with van der Waals surface area (Å²) in [6.07, 6.45) is 2.21. The van der Waals surface area contributed by atoms with Crippen LogP contribution < -0.4 is 0 Å². The summed E-state index contributed by atoms with van der Waals surface area (Å²) in [4.78, 5) is 25.7. The molecule has 0 amide bonds. The summed E-state index contributed by atoms with van der Waals surface area (Å²) in [6.45, 7) is 2.12. The van der Waals surface area contributed by atoms with Gasteiger partial charge in [0, 0.05) is 24.9 Å². The summed E-state index contributed by atoms with van der Waals surface area (Å²) < 4.78 is 6.48. The van der Waals surface area contributed by atoms with Gasteiger partial charge in [-0.25, -0.2) is 9.55 Å². The molecule has 8 nitrogen and oxygen atoms in total. The van der Waals surface area contributed by atoms with Crippen LogP contribution in [-0.2, 0) is 16.1 Å². The summed E-state index contributed by atoms with van der Waals surface area (Å²) >= 11 is 0. The number of esters is 1. The molecule has 10 heteroatoms. The minimum Gasteiger partial charge on any atom is -0.461 e. The van der Waals surface area contributed by atoms with Crippen LogP contribution in [0.25, 0.3) is 0 Å². The predicted molar refractivity (Wildman–Crippen MR) is 85.8 cm³/mol. The van der Waals surface area contributed by atoms with Gasteiger partial charge in [-0.05, 0) is 11.3 Å². The normalized spacial score (nSPS) is 10.6. The van der Waals surface area contributed by atoms with Crippen molar-refractivity contribution in [1.82, 2.24) is 9.55 Å². The number of aryl methyl sites for hydroxylation is 1. The van der Waals surface area contributed by atoms with E-state index in [-0.39, 0.29) is 31.5 Å². The second kappa shape index (κ2) is 10.5. The summed E-state index contributed by atoms with van der Waals surface area (Å²) in [5.41, 5.74) is 0. The fraction of sp³-hybridized carbons (Fsp3) is 0.667. The minimum absolute atomic E-state index is 0.0866. The average molecular weight is 349 g/mol. The van der Waals surface area contributed by atoms with Crippen molar-refractivity contribution in [3.05, 3.63) is 22.1 Å². The van der Waals surface area contributed by atoms with Crippen LogP contribution >= 0.6 is 21.6 Å². The number of aliphatic hydroxyl groups excluding tert-OH is 1. The molecule has 0 radical (unpaired) electrons. The van der Waals surface area contributed by atoms with E-state index in [1.807, 2.05) is 0 Å². The van der Waals surface area contributed by atoms with Crippen molar-refractivity contribution in [2.24, 2.45) is 0 Å². The Labute approximate surface area is 136 Å². The fourth-order valence-electron chi connectivity index (χ4n) is 1.63. The molecular weight excluding hydrogens is 330 g/mol. The van der Waals surface area contributed by atoms with Crippen molar-refractivity contribution in [2.45, 2.75) is 26.3 Å². The highest BCUT2D eigenvalue weighted by molar-refractivity contribution is 8.76. The lowest BCUT2D eigenvalue weighted by atomic mass is 10.3. The number of aromatic nitrogens is 2. The van der Waals surface area contributed by atoms with E-state index >= 15 is 0 Å². The van der Waals surface area contributed by atoms with Gasteiger partial charge in [-0.3, -0.25) is 4.79 Å². The maximum Gasteiger partial charge on any atom is 0.342 e. The van der Waals surface area contributed by atoms with Gasteiger partial charge in [-0.2, -0.15) is 0 Å². The molecule has 124 valence electrons. The zero-order chi connectivity index (χ0) is 16.4. The number of nitrogens with zero attached hydrogens (tertiary/aromatic N) is 3. The molecule has 0 aliphatic heterocycles. The van der Waals surface area contributed by atoms with Gasteiger partial charge in [0.15, 0.2) is 5.82 Å². The van der Waals surface area contributed by atoms with Crippen LogP contribution in [0.3, 0.4) is 0 Å². The van der Waals surface area contributed by atoms with E-state index in [4.69, 9.17) is 9.84 Å². The third kappa shape index (κ3) is 6.67. The third-order valence-corrected chi connectivity index (χ3v) is 5.14. The van der Waals surface area contributed by atoms with Gasteiger partial charge in [0.05, 0.1) is 6.61 Å². The van der Waals surface area contributed by atoms with Crippen molar-refractivity contribution in [3.63, 3.8) is 0 Å². The maximum absolute atomic E-state index is 11.5. The smallest absolute Gasteiger partial charge is 0.342 e. The van der Waals surface area contributed by atoms with E-state index in [2.05, 4.69) is 4.98 Å². The summed E-state index contributed by atoms with van der Waals surface area (Å²) in [5, 5.41) is 19.4. The Kier molecular flexibility index (Phi) is 8.94. The van der Waals surface area contributed by atoms with Crippen LogP contribution in [-0.4, -0.2) is 50.3 Å². The molecule has 0 fully saturated rings. The van der Waals surface area contributed by atoms with E-state index in [9.17, 15) is 14.9 Å². The molecular formula is C12H19N3O5S2. The first-order chi connectivity index (χ1) is 10.6. The van der Waals surface area contributed by atoms with E-state index in [0.717, 1.165) is 5.75 Å². The topological polar surface area (TPSA) is 107 Å². The van der Waals surface area contributed by atoms with Crippen molar-refractivity contribution in [3.8, 4) is 0 Å². The Balaban J connectivity index is 2.20. The molecule has 0 bridgehead atoms. The molecule has 0 saturated carbocycles. The van der Waals surface area contributed by atoms with Crippen molar-refractivity contribution in [1.29, 1.82) is 0 Å². The lowest BCUT2D eigenvalue weighted by Gasteiger charge is -2.05. The first-order valence-corrected chi connectivity index (χ1v) is 9.22. The van der Waals surface area contributed by atoms with Gasteiger partial charge in [-0.1, -0.05) is 21.6 Å². The zero-order valence-corrected chi connectivity index (χ0v) is 13.9. The molecule has 0 aliphatic carbocycles. The Morgan fingerprint density at radius 1 is 1.50 bits per heavy atom. The van der Waals surface area contributed by atoms with E-state index in [1.54, 1.807) is 28.5 Å². The number of ether oxygens (including phenoxy) is 1. The Morgan fingerprint density at radius 3 is 2.91 bits per heavy atom. The van der Waals surface area contributed by atoms with Crippen LogP contribution in [0.2, 0.25) is 0 Å². The van der Waals surface area contributed by atoms with Crippen molar-refractivity contribution < 1.29 is 19.6 Å². The van der Waals surface area contributed by atoms with Crippen LogP contribution in [0.5, 0.6) is 0 Å². The molecule has 1 heterocycles. The molecule has 1 aromatic rings. The zero-order valence-electron chi connectivity index (χ0n) is 12.3. The molecule has 1 aromatic heterocycles. The molecule has 1 rings (SSSR count). The number of imidazole rings is 1. The Morgan fingerprint density at radius 2 is 2.23 bits per heavy atom. The van der Waals surface area contributed by atoms with Crippen LogP contribution in [0.4, 0.5) is 5.82 Å². The van der Waals surface area contributed by atoms with Crippen LogP contribution in [0.15, 0.2) is 6.20 Å². The monoisotopic (exact) mass is 349 g/mol. The second-order valence-corrected chi connectivity index (χ2v) is 6.97. The first-order valence-electron chi connectivity index (χ1n) is 6.73. The largest absolute Gasteiger partial charge is 0.461 e. The highest BCUT2D eigenvalue weighted by Gasteiger charge is 2.17. The number of nitro groups is 1. The number of carbonyl (C=O) groups is 1. The van der Waals surface area contributed by atoms with Gasteiger partial charge >= 0.3 is 11.8 Å². The van der Waals surface area contributed by atoms with E-state index < -0.39 is 4.92 Å². The highest BCUT2D eigenvalue weighted by Crippen LogP contribution is 2.21. The van der Waals surface area contributed by atoms with Crippen LogP contribution in [0, 0.1) is 17.0 Å². The molecule has 0 aliphatic rings. The third-order valence-electron chi connectivity index (χ3n) is 2.67. The Bertz CT molecular complexity index is 495. The molecule has 0 aromatic carbocycles. The predicted octanol–water partition coefficient (Wildman–Crippen LogP) is 1.80. The molecule has 0 atom stereocenters. The van der Waals surface area contributed by atoms with Crippen molar-refractivity contribution in [2.75, 3.05) is 24.7 Å². The van der Waals surface area contributed by atoms with Gasteiger partial charge in [0.1, 0.15) is 19.3 Å². The number of rotatable bonds is 11. The number of hydrogen-bond acceptors (Lipinski definition) is 8. The molecule has 0 spiro atoms. The number of hydrogen-bond donors (Lipinski definition) is 1. The van der Waals surface area contributed by atoms with Gasteiger partial charge < -0.3 is 20.0 Å². The van der Waals surface area contributed by atoms with E-state index in [0.29, 0.717) is 24.4 Å². The molecule has 1 N–H and O–H groups in total. The van der Waals surface area contributed by atoms with Gasteiger partial charge in [-0.15, -0.1) is 0 Å². The molecule has 0 unspecified atom stereocenters. The number of aliphatic hydroxyl groups is 1. The molecule has 0 saturated heterocycles. The van der Waals surface area contributed by atoms with Gasteiger partial charge in [0.2, 0.25) is 0 Å². The summed E-state index contributed by atoms with van der Waals surface area (Å²) in [6, 6.07) is 0. The van der Waals surface area contributed by atoms with Crippen molar-refractivity contribution >= 4 is 33.4 Å². The van der Waals surface area contributed by atoms with E-state index in [1.165, 1.54) is 10.8 Å². The highest BCUT2D eigenvalue weighted by atomic mass is 33.1. The average Bonchev–Trinajstić information content (AvgIpc) is 2.84. The first kappa shape index (κ1) is 18.8. The second-order valence-electron chi connectivity index (χ2n) is 4.26. The standard InChI is InChI=1S/C12H19N3O5S2/c1-10-13-9-11(15(18)19)14(10)4-6-20-12(17)3-2-7-21-22-8-5-16/h9,16H,2-8H2,1H3. The Hall–Kier alpha value is -1.26. The van der Waals surface area contributed by atoms with Crippen LogP contribution in [0.1, 0.15) is 18.7 Å². The number of carbonyl (C=O) groups excluding carboxylic acids is 1. The minimum atomic E-state index is -0.511. The quantitative estimate of drug-likeness (QED) is 0.212. The summed E-state index contributed by atoms with van der Waals surface area (Å²) in [5.74, 6) is 1.59. The lowest BCUT2D eigenvalue weighted by molar-refractivity contribution is -0.392. The summed E-state index contributed by atoms with van der Waals surface area (Å²) in [7, 11) is 3.18. The van der Waals surface area contributed by atoms with Gasteiger partial charge in [0.25, 0.3) is 0 Å². The maximum atomic E-state index is 11.5. The molecule has 22 heavy (non-hydrogen) atoms.